The molecule has 0 bridgehead atoms. The predicted octanol–water partition coefficient (Wildman–Crippen LogP) is 0.966. The summed E-state index contributed by atoms with van der Waals surface area (Å²) < 4.78 is 0. The zero-order valence-corrected chi connectivity index (χ0v) is 10.8. The Morgan fingerprint density at radius 1 is 1.61 bits per heavy atom. The lowest BCUT2D eigenvalue weighted by Crippen LogP contribution is -2.45. The monoisotopic (exact) mass is 249 g/mol. The van der Waals surface area contributed by atoms with Crippen molar-refractivity contribution in [2.45, 2.75) is 19.4 Å². The van der Waals surface area contributed by atoms with Gasteiger partial charge in [0.05, 0.1) is 23.6 Å². The molecule has 1 amide bonds. The van der Waals surface area contributed by atoms with Crippen molar-refractivity contribution in [3.63, 3.8) is 0 Å². The number of nitrogens with zero attached hydrogens (tertiary/aromatic N) is 2. The molecule has 1 fully saturated rings. The van der Waals surface area contributed by atoms with Crippen LogP contribution in [0, 0.1) is 5.92 Å². The minimum atomic E-state index is -0.428. The van der Waals surface area contributed by atoms with E-state index in [-0.39, 0.29) is 11.8 Å². The molecule has 5 heteroatoms. The van der Waals surface area contributed by atoms with Crippen molar-refractivity contribution in [1.29, 1.82) is 0 Å². The molecule has 2 heterocycles. The van der Waals surface area contributed by atoms with Gasteiger partial charge in [0, 0.05) is 26.3 Å². The molecule has 1 aromatic rings. The number of hydrogen-bond acceptors (Lipinski definition) is 4. The average Bonchev–Trinajstić information content (AvgIpc) is 2.41. The van der Waals surface area contributed by atoms with Crippen molar-refractivity contribution >= 4 is 11.6 Å². The highest BCUT2D eigenvalue weighted by atomic mass is 16.3. The van der Waals surface area contributed by atoms with Crippen LogP contribution in [-0.2, 0) is 0 Å². The van der Waals surface area contributed by atoms with Crippen LogP contribution in [0.3, 0.4) is 0 Å². The van der Waals surface area contributed by atoms with Gasteiger partial charge >= 0.3 is 0 Å². The molecule has 0 aliphatic carbocycles. The van der Waals surface area contributed by atoms with Gasteiger partial charge in [0.1, 0.15) is 0 Å². The minimum Gasteiger partial charge on any atom is -0.391 e. The van der Waals surface area contributed by atoms with E-state index in [1.54, 1.807) is 30.4 Å². The molecule has 0 radical (unpaired) electrons. The molecule has 2 atom stereocenters. The number of anilines is 1. The topological polar surface area (TPSA) is 65.5 Å². The summed E-state index contributed by atoms with van der Waals surface area (Å²) in [6.45, 7) is 3.12. The highest BCUT2D eigenvalue weighted by Crippen LogP contribution is 2.21. The smallest absolute Gasteiger partial charge is 0.256 e. The van der Waals surface area contributed by atoms with Crippen LogP contribution in [0.5, 0.6) is 0 Å². The number of aliphatic hydroxyl groups is 1. The second kappa shape index (κ2) is 5.35. The number of nitrogens with one attached hydrogen (secondary N) is 1. The number of amides is 1. The third kappa shape index (κ3) is 2.46. The van der Waals surface area contributed by atoms with Crippen molar-refractivity contribution < 1.29 is 9.90 Å². The first-order valence-electron chi connectivity index (χ1n) is 6.22. The lowest BCUT2D eigenvalue weighted by Gasteiger charge is -2.34. The first-order valence-corrected chi connectivity index (χ1v) is 6.22. The van der Waals surface area contributed by atoms with E-state index in [0.717, 1.165) is 12.1 Å². The van der Waals surface area contributed by atoms with Gasteiger partial charge in [0.2, 0.25) is 0 Å². The van der Waals surface area contributed by atoms with E-state index in [1.165, 1.54) is 0 Å². The summed E-state index contributed by atoms with van der Waals surface area (Å²) in [5, 5.41) is 12.8. The Labute approximate surface area is 107 Å². The van der Waals surface area contributed by atoms with Crippen LogP contribution in [0.25, 0.3) is 0 Å². The first-order chi connectivity index (χ1) is 8.63. The van der Waals surface area contributed by atoms with Gasteiger partial charge in [-0.3, -0.25) is 9.78 Å². The fraction of sp³-hybridized carbons (Fsp3) is 0.538. The fourth-order valence-corrected chi connectivity index (χ4v) is 2.18. The number of likely N-dealkylation sites (tertiary alicyclic amines) is 1. The number of rotatable bonds is 2. The van der Waals surface area contributed by atoms with Crippen LogP contribution in [0.1, 0.15) is 23.7 Å². The number of β-amino-alcohol motifs (C(OH)–C–C–N with tert-alkyl or cyclic N) is 1. The van der Waals surface area contributed by atoms with Gasteiger partial charge in [-0.2, -0.15) is 0 Å². The van der Waals surface area contributed by atoms with E-state index in [9.17, 15) is 9.90 Å². The Balaban J connectivity index is 2.16. The summed E-state index contributed by atoms with van der Waals surface area (Å²) in [5.74, 6) is 0.211. The van der Waals surface area contributed by atoms with E-state index in [0.29, 0.717) is 18.7 Å². The van der Waals surface area contributed by atoms with Gasteiger partial charge in [-0.1, -0.05) is 6.92 Å². The molecule has 5 nitrogen and oxygen atoms in total. The van der Waals surface area contributed by atoms with Crippen molar-refractivity contribution in [2.75, 3.05) is 25.5 Å². The van der Waals surface area contributed by atoms with Crippen molar-refractivity contribution in [1.82, 2.24) is 9.88 Å². The summed E-state index contributed by atoms with van der Waals surface area (Å²) in [7, 11) is 1.76. The summed E-state index contributed by atoms with van der Waals surface area (Å²) in [6, 6.07) is 1.71. The van der Waals surface area contributed by atoms with Crippen molar-refractivity contribution in [3.8, 4) is 0 Å². The maximum Gasteiger partial charge on any atom is 0.256 e. The van der Waals surface area contributed by atoms with E-state index in [2.05, 4.69) is 10.3 Å². The van der Waals surface area contributed by atoms with Gasteiger partial charge in [-0.25, -0.2) is 0 Å². The Kier molecular flexibility index (Phi) is 3.81. The van der Waals surface area contributed by atoms with E-state index >= 15 is 0 Å². The van der Waals surface area contributed by atoms with E-state index < -0.39 is 6.10 Å². The Bertz CT molecular complexity index is 436. The van der Waals surface area contributed by atoms with Crippen molar-refractivity contribution in [3.05, 3.63) is 24.0 Å². The summed E-state index contributed by atoms with van der Waals surface area (Å²) in [4.78, 5) is 18.1. The molecule has 98 valence electrons. The van der Waals surface area contributed by atoms with Gasteiger partial charge in [-0.15, -0.1) is 0 Å². The zero-order chi connectivity index (χ0) is 13.1. The molecule has 1 aliphatic heterocycles. The third-order valence-electron chi connectivity index (χ3n) is 3.53. The highest BCUT2D eigenvalue weighted by molar-refractivity contribution is 5.99. The maximum absolute atomic E-state index is 12.4. The maximum atomic E-state index is 12.4. The average molecular weight is 249 g/mol. The third-order valence-corrected chi connectivity index (χ3v) is 3.53. The fourth-order valence-electron chi connectivity index (χ4n) is 2.18. The van der Waals surface area contributed by atoms with Crippen LogP contribution in [-0.4, -0.2) is 47.1 Å². The predicted molar refractivity (Wildman–Crippen MR) is 69.5 cm³/mol. The first kappa shape index (κ1) is 12.8. The Morgan fingerprint density at radius 3 is 3.06 bits per heavy atom. The highest BCUT2D eigenvalue weighted by Gasteiger charge is 2.28. The number of pyridine rings is 1. The van der Waals surface area contributed by atoms with Crippen LogP contribution < -0.4 is 5.32 Å². The molecule has 2 unspecified atom stereocenters. The lowest BCUT2D eigenvalue weighted by molar-refractivity contribution is 0.0249. The van der Waals surface area contributed by atoms with Crippen LogP contribution in [0.2, 0.25) is 0 Å². The molecular formula is C13H19N3O2. The minimum absolute atomic E-state index is 0.0484. The summed E-state index contributed by atoms with van der Waals surface area (Å²) in [5.41, 5.74) is 1.32. The van der Waals surface area contributed by atoms with Gasteiger partial charge in [0.15, 0.2) is 0 Å². The standard InChI is InChI=1S/C13H19N3O2/c1-9-4-6-16(8-12(9)17)13(18)10-3-5-15-7-11(10)14-2/h3,5,7,9,12,14,17H,4,6,8H2,1-2H3. The van der Waals surface area contributed by atoms with Gasteiger partial charge in [0.25, 0.3) is 5.91 Å². The normalized spacial score (nSPS) is 23.8. The van der Waals surface area contributed by atoms with Gasteiger partial charge < -0.3 is 15.3 Å². The molecule has 18 heavy (non-hydrogen) atoms. The molecule has 0 aromatic carbocycles. The second-order valence-corrected chi connectivity index (χ2v) is 4.76. The van der Waals surface area contributed by atoms with E-state index in [1.807, 2.05) is 6.92 Å². The molecule has 1 aromatic heterocycles. The molecule has 0 spiro atoms. The number of piperidine rings is 1. The Morgan fingerprint density at radius 2 is 2.39 bits per heavy atom. The van der Waals surface area contributed by atoms with Crippen LogP contribution in [0.4, 0.5) is 5.69 Å². The second-order valence-electron chi connectivity index (χ2n) is 4.76. The number of carbonyl (C=O) groups is 1. The number of aromatic nitrogens is 1. The Hall–Kier alpha value is -1.62. The number of hydrogen-bond donors (Lipinski definition) is 2. The molecule has 1 aliphatic rings. The molecule has 1 saturated heterocycles. The van der Waals surface area contributed by atoms with Crippen LogP contribution >= 0.6 is 0 Å². The number of aliphatic hydroxyl groups excluding tert-OH is 1. The van der Waals surface area contributed by atoms with Crippen LogP contribution in [0.15, 0.2) is 18.5 Å². The van der Waals surface area contributed by atoms with Crippen molar-refractivity contribution in [2.24, 2.45) is 5.92 Å². The summed E-state index contributed by atoms with van der Waals surface area (Å²) >= 11 is 0. The molecule has 2 rings (SSSR count). The molecular weight excluding hydrogens is 230 g/mol. The molecule has 2 N–H and O–H groups in total. The molecule has 0 saturated carbocycles. The zero-order valence-electron chi connectivity index (χ0n) is 10.8. The quantitative estimate of drug-likeness (QED) is 0.819. The lowest BCUT2D eigenvalue weighted by atomic mass is 9.95. The largest absolute Gasteiger partial charge is 0.391 e. The SMILES string of the molecule is CNc1cnccc1C(=O)N1CCC(C)C(O)C1. The van der Waals surface area contributed by atoms with Gasteiger partial charge in [-0.05, 0) is 18.4 Å². The van der Waals surface area contributed by atoms with E-state index in [4.69, 9.17) is 0 Å². The summed E-state index contributed by atoms with van der Waals surface area (Å²) in [6.07, 6.45) is 3.66. The number of carbonyl (C=O) groups excluding carboxylic acids is 1.